The van der Waals surface area contributed by atoms with Crippen LogP contribution in [0.25, 0.3) is 10.9 Å². The number of H-pyrrole nitrogens is 1. The molecule has 24 heavy (non-hydrogen) atoms. The summed E-state index contributed by atoms with van der Waals surface area (Å²) in [4.78, 5) is 25.1. The Morgan fingerprint density at radius 1 is 1.12 bits per heavy atom. The molecule has 3 heterocycles. The molecule has 7 nitrogen and oxygen atoms in total. The Balaban J connectivity index is 1.37. The molecule has 0 bridgehead atoms. The van der Waals surface area contributed by atoms with Crippen LogP contribution in [0.15, 0.2) is 42.9 Å². The normalized spacial score (nSPS) is 15.0. The fourth-order valence-electron chi connectivity index (χ4n) is 2.99. The third-order valence-electron chi connectivity index (χ3n) is 4.33. The lowest BCUT2D eigenvalue weighted by atomic mass is 10.1. The van der Waals surface area contributed by atoms with Gasteiger partial charge in [-0.05, 0) is 17.7 Å². The number of nitrogens with zero attached hydrogens (tertiary/aromatic N) is 5. The second kappa shape index (κ2) is 6.27. The highest BCUT2D eigenvalue weighted by Gasteiger charge is 2.22. The molecule has 0 spiro atoms. The van der Waals surface area contributed by atoms with E-state index in [1.807, 2.05) is 23.1 Å². The van der Waals surface area contributed by atoms with Gasteiger partial charge in [0.1, 0.15) is 0 Å². The van der Waals surface area contributed by atoms with E-state index in [0.29, 0.717) is 19.5 Å². The number of carbonyl (C=O) groups excluding carboxylic acids is 1. The lowest BCUT2D eigenvalue weighted by molar-refractivity contribution is -0.130. The smallest absolute Gasteiger partial charge is 0.227 e. The van der Waals surface area contributed by atoms with Crippen LogP contribution >= 0.6 is 0 Å². The first-order chi connectivity index (χ1) is 11.8. The van der Waals surface area contributed by atoms with Gasteiger partial charge in [-0.15, -0.1) is 0 Å². The Morgan fingerprint density at radius 2 is 1.92 bits per heavy atom. The van der Waals surface area contributed by atoms with Gasteiger partial charge in [0.25, 0.3) is 0 Å². The van der Waals surface area contributed by atoms with E-state index in [4.69, 9.17) is 0 Å². The van der Waals surface area contributed by atoms with Gasteiger partial charge in [0.2, 0.25) is 11.9 Å². The molecule has 4 rings (SSSR count). The molecule has 1 aliphatic rings. The van der Waals surface area contributed by atoms with E-state index in [1.165, 1.54) is 0 Å². The van der Waals surface area contributed by atoms with E-state index in [9.17, 15) is 4.79 Å². The molecule has 1 aliphatic heterocycles. The minimum absolute atomic E-state index is 0.155. The van der Waals surface area contributed by atoms with Crippen molar-refractivity contribution < 1.29 is 4.79 Å². The first-order valence-corrected chi connectivity index (χ1v) is 8.01. The third kappa shape index (κ3) is 2.92. The van der Waals surface area contributed by atoms with Crippen molar-refractivity contribution in [3.63, 3.8) is 0 Å². The van der Waals surface area contributed by atoms with Gasteiger partial charge in [0.15, 0.2) is 0 Å². The van der Waals surface area contributed by atoms with Crippen LogP contribution < -0.4 is 4.90 Å². The molecule has 7 heteroatoms. The Morgan fingerprint density at radius 3 is 2.71 bits per heavy atom. The number of fused-ring (bicyclic) bond motifs is 1. The second-order valence-corrected chi connectivity index (χ2v) is 5.89. The summed E-state index contributed by atoms with van der Waals surface area (Å²) in [6.45, 7) is 2.91. The molecule has 1 fully saturated rings. The molecular formula is C17H18N6O. The summed E-state index contributed by atoms with van der Waals surface area (Å²) < 4.78 is 0. The number of nitrogens with one attached hydrogen (secondary N) is 1. The number of carbonyl (C=O) groups is 1. The van der Waals surface area contributed by atoms with Gasteiger partial charge < -0.3 is 9.80 Å². The molecule has 1 N–H and O–H groups in total. The number of aromatic amines is 1. The fourth-order valence-corrected chi connectivity index (χ4v) is 2.99. The third-order valence-corrected chi connectivity index (χ3v) is 4.33. The van der Waals surface area contributed by atoms with Crippen molar-refractivity contribution in [3.8, 4) is 0 Å². The molecule has 0 atom stereocenters. The van der Waals surface area contributed by atoms with Gasteiger partial charge in [-0.2, -0.15) is 5.10 Å². The fraction of sp³-hybridized carbons (Fsp3) is 0.294. The highest BCUT2D eigenvalue weighted by Crippen LogP contribution is 2.15. The van der Waals surface area contributed by atoms with Crippen molar-refractivity contribution in [2.24, 2.45) is 0 Å². The average Bonchev–Trinajstić information content (AvgIpc) is 3.10. The Labute approximate surface area is 139 Å². The molecule has 1 saturated heterocycles. The zero-order valence-electron chi connectivity index (χ0n) is 13.2. The van der Waals surface area contributed by atoms with Crippen LogP contribution in [-0.2, 0) is 11.2 Å². The van der Waals surface area contributed by atoms with Gasteiger partial charge in [-0.25, -0.2) is 9.97 Å². The largest absolute Gasteiger partial charge is 0.339 e. The summed E-state index contributed by atoms with van der Waals surface area (Å²) in [6, 6.07) is 7.78. The Kier molecular flexibility index (Phi) is 3.82. The number of benzene rings is 1. The predicted molar refractivity (Wildman–Crippen MR) is 90.6 cm³/mol. The minimum Gasteiger partial charge on any atom is -0.339 e. The maximum absolute atomic E-state index is 12.5. The molecular weight excluding hydrogens is 304 g/mol. The minimum atomic E-state index is 0.155. The number of amides is 1. The first-order valence-electron chi connectivity index (χ1n) is 8.01. The van der Waals surface area contributed by atoms with Crippen molar-refractivity contribution in [1.29, 1.82) is 0 Å². The van der Waals surface area contributed by atoms with Crippen LogP contribution in [0.4, 0.5) is 5.95 Å². The van der Waals surface area contributed by atoms with E-state index < -0.39 is 0 Å². The molecule has 1 aromatic carbocycles. The van der Waals surface area contributed by atoms with E-state index in [-0.39, 0.29) is 5.91 Å². The van der Waals surface area contributed by atoms with E-state index in [2.05, 4.69) is 25.1 Å². The van der Waals surface area contributed by atoms with E-state index in [1.54, 1.807) is 24.7 Å². The lowest BCUT2D eigenvalue weighted by Crippen LogP contribution is -2.49. The van der Waals surface area contributed by atoms with Crippen LogP contribution in [0.5, 0.6) is 0 Å². The quantitative estimate of drug-likeness (QED) is 0.785. The summed E-state index contributed by atoms with van der Waals surface area (Å²) in [5, 5.41) is 8.01. The van der Waals surface area contributed by atoms with Crippen LogP contribution in [-0.4, -0.2) is 57.2 Å². The molecule has 0 aliphatic carbocycles. The summed E-state index contributed by atoms with van der Waals surface area (Å²) in [5.74, 6) is 0.886. The van der Waals surface area contributed by atoms with E-state index >= 15 is 0 Å². The van der Waals surface area contributed by atoms with Crippen molar-refractivity contribution in [2.45, 2.75) is 6.42 Å². The molecule has 1 amide bonds. The molecule has 3 aromatic rings. The standard InChI is InChI=1S/C17H18N6O/c24-16(11-13-2-3-14-12-20-21-15(14)10-13)22-6-8-23(9-7-22)17-18-4-1-5-19-17/h1-5,10,12H,6-9,11H2,(H,20,21). The van der Waals surface area contributed by atoms with Crippen LogP contribution in [0, 0.1) is 0 Å². The van der Waals surface area contributed by atoms with Crippen LogP contribution in [0.3, 0.4) is 0 Å². The maximum atomic E-state index is 12.5. The molecule has 0 saturated carbocycles. The number of anilines is 1. The summed E-state index contributed by atoms with van der Waals surface area (Å²) in [6.07, 6.45) is 5.68. The monoisotopic (exact) mass is 322 g/mol. The summed E-state index contributed by atoms with van der Waals surface area (Å²) in [7, 11) is 0. The summed E-state index contributed by atoms with van der Waals surface area (Å²) >= 11 is 0. The zero-order chi connectivity index (χ0) is 16.4. The molecule has 122 valence electrons. The average molecular weight is 322 g/mol. The number of aromatic nitrogens is 4. The van der Waals surface area contributed by atoms with E-state index in [0.717, 1.165) is 35.5 Å². The predicted octanol–water partition coefficient (Wildman–Crippen LogP) is 1.24. The number of hydrogen-bond acceptors (Lipinski definition) is 5. The summed E-state index contributed by atoms with van der Waals surface area (Å²) in [5.41, 5.74) is 1.97. The highest BCUT2D eigenvalue weighted by atomic mass is 16.2. The molecule has 0 radical (unpaired) electrons. The number of rotatable bonds is 3. The van der Waals surface area contributed by atoms with Gasteiger partial charge in [-0.1, -0.05) is 12.1 Å². The Bertz CT molecular complexity index is 838. The van der Waals surface area contributed by atoms with Gasteiger partial charge in [-0.3, -0.25) is 9.89 Å². The van der Waals surface area contributed by atoms with Crippen molar-refractivity contribution in [2.75, 3.05) is 31.1 Å². The SMILES string of the molecule is O=C(Cc1ccc2cn[nH]c2c1)N1CCN(c2ncccn2)CC1. The lowest BCUT2D eigenvalue weighted by Gasteiger charge is -2.34. The first kappa shape index (κ1) is 14.6. The Hall–Kier alpha value is -2.96. The topological polar surface area (TPSA) is 78.0 Å². The number of hydrogen-bond donors (Lipinski definition) is 1. The molecule has 0 unspecified atom stereocenters. The van der Waals surface area contributed by atoms with Gasteiger partial charge in [0.05, 0.1) is 18.1 Å². The highest BCUT2D eigenvalue weighted by molar-refractivity contribution is 5.83. The molecule has 2 aromatic heterocycles. The zero-order valence-corrected chi connectivity index (χ0v) is 13.2. The van der Waals surface area contributed by atoms with Gasteiger partial charge >= 0.3 is 0 Å². The van der Waals surface area contributed by atoms with Crippen molar-refractivity contribution >= 4 is 22.8 Å². The maximum Gasteiger partial charge on any atom is 0.227 e. The van der Waals surface area contributed by atoms with Crippen molar-refractivity contribution in [1.82, 2.24) is 25.1 Å². The van der Waals surface area contributed by atoms with Crippen LogP contribution in [0.2, 0.25) is 0 Å². The van der Waals surface area contributed by atoms with Crippen LogP contribution in [0.1, 0.15) is 5.56 Å². The number of piperazine rings is 1. The van der Waals surface area contributed by atoms with Crippen molar-refractivity contribution in [3.05, 3.63) is 48.4 Å². The van der Waals surface area contributed by atoms with Gasteiger partial charge in [0, 0.05) is 44.0 Å². The second-order valence-electron chi connectivity index (χ2n) is 5.89.